The Morgan fingerprint density at radius 2 is 2.22 bits per heavy atom. The number of aliphatic hydroxyl groups excluding tert-OH is 1. The van der Waals surface area contributed by atoms with E-state index in [4.69, 9.17) is 5.26 Å². The Morgan fingerprint density at radius 3 is 2.91 bits per heavy atom. The maximum atomic E-state index is 13.4. The predicted octanol–water partition coefficient (Wildman–Crippen LogP) is 1.85. The molecule has 9 nitrogen and oxygen atoms in total. The molecule has 0 bridgehead atoms. The molecule has 32 heavy (non-hydrogen) atoms. The number of aromatic amines is 1. The molecule has 0 unspecified atom stereocenters. The number of carbonyl (C=O) groups is 1. The Bertz CT molecular complexity index is 1200. The fourth-order valence-electron chi connectivity index (χ4n) is 4.86. The van der Waals surface area contributed by atoms with E-state index in [-0.39, 0.29) is 23.8 Å². The molecule has 1 saturated heterocycles. The van der Waals surface area contributed by atoms with Crippen LogP contribution in [0.4, 0.5) is 5.82 Å². The number of anilines is 1. The summed E-state index contributed by atoms with van der Waals surface area (Å²) < 4.78 is 0. The molecule has 1 saturated carbocycles. The van der Waals surface area contributed by atoms with Gasteiger partial charge in [-0.2, -0.15) is 5.26 Å². The van der Waals surface area contributed by atoms with Gasteiger partial charge in [-0.15, -0.1) is 0 Å². The number of piperidine rings is 1. The van der Waals surface area contributed by atoms with Crippen LogP contribution in [-0.2, 0) is 10.3 Å². The molecule has 3 aromatic rings. The molecule has 0 aromatic carbocycles. The van der Waals surface area contributed by atoms with Gasteiger partial charge in [-0.1, -0.05) is 0 Å². The van der Waals surface area contributed by atoms with Crippen LogP contribution in [0.25, 0.3) is 11.0 Å². The van der Waals surface area contributed by atoms with Crippen LogP contribution >= 0.6 is 0 Å². The first-order chi connectivity index (χ1) is 15.5. The van der Waals surface area contributed by atoms with Gasteiger partial charge in [0.15, 0.2) is 0 Å². The third-order valence-corrected chi connectivity index (χ3v) is 6.95. The van der Waals surface area contributed by atoms with Gasteiger partial charge in [0.2, 0.25) is 5.91 Å². The van der Waals surface area contributed by atoms with Crippen molar-refractivity contribution in [2.45, 2.75) is 31.7 Å². The van der Waals surface area contributed by atoms with Crippen molar-refractivity contribution in [1.82, 2.24) is 25.3 Å². The second kappa shape index (κ2) is 7.57. The highest BCUT2D eigenvalue weighted by molar-refractivity contribution is 5.88. The maximum Gasteiger partial charge on any atom is 0.224 e. The number of nitrogens with one attached hydrogen (secondary N) is 2. The molecule has 3 N–H and O–H groups in total. The van der Waals surface area contributed by atoms with Gasteiger partial charge in [-0.25, -0.2) is 9.97 Å². The summed E-state index contributed by atoms with van der Waals surface area (Å²) in [6.07, 6.45) is 7.60. The molecule has 1 amide bonds. The fourth-order valence-corrected chi connectivity index (χ4v) is 4.86. The van der Waals surface area contributed by atoms with Crippen LogP contribution in [0.5, 0.6) is 0 Å². The summed E-state index contributed by atoms with van der Waals surface area (Å²) in [6, 6.07) is 7.35. The molecular weight excluding hydrogens is 406 g/mol. The van der Waals surface area contributed by atoms with Crippen molar-refractivity contribution in [2.24, 2.45) is 11.3 Å². The van der Waals surface area contributed by atoms with Gasteiger partial charge in [0, 0.05) is 31.4 Å². The predicted molar refractivity (Wildman–Crippen MR) is 117 cm³/mol. The minimum absolute atomic E-state index is 0.0562. The first kappa shape index (κ1) is 20.4. The minimum atomic E-state index is -1.01. The lowest BCUT2D eigenvalue weighted by molar-refractivity contribution is -0.130. The Labute approximate surface area is 185 Å². The van der Waals surface area contributed by atoms with Crippen LogP contribution in [-0.4, -0.2) is 50.6 Å². The van der Waals surface area contributed by atoms with Crippen molar-refractivity contribution in [1.29, 1.82) is 5.26 Å². The number of hydrogen-bond donors (Lipinski definition) is 3. The third kappa shape index (κ3) is 3.37. The van der Waals surface area contributed by atoms with Gasteiger partial charge in [-0.3, -0.25) is 9.78 Å². The van der Waals surface area contributed by atoms with Crippen molar-refractivity contribution in [3.63, 3.8) is 0 Å². The highest BCUT2D eigenvalue weighted by Crippen LogP contribution is 2.56. The second-order valence-corrected chi connectivity index (χ2v) is 9.09. The molecule has 1 aliphatic heterocycles. The molecule has 9 heteroatoms. The number of pyridine rings is 1. The number of aromatic nitrogens is 4. The largest absolute Gasteiger partial charge is 0.394 e. The van der Waals surface area contributed by atoms with Crippen LogP contribution < -0.4 is 10.2 Å². The van der Waals surface area contributed by atoms with Crippen LogP contribution in [0.1, 0.15) is 37.4 Å². The number of nitriles is 1. The average Bonchev–Trinajstić information content (AvgIpc) is 3.40. The van der Waals surface area contributed by atoms with E-state index in [0.717, 1.165) is 42.8 Å². The summed E-state index contributed by atoms with van der Waals surface area (Å²) in [6.45, 7) is 2.98. The second-order valence-electron chi connectivity index (χ2n) is 9.09. The summed E-state index contributed by atoms with van der Waals surface area (Å²) in [5, 5.41) is 23.1. The van der Waals surface area contributed by atoms with Crippen molar-refractivity contribution in [3.8, 4) is 6.07 Å². The maximum absolute atomic E-state index is 13.4. The van der Waals surface area contributed by atoms with E-state index in [2.05, 4.69) is 30.2 Å². The van der Waals surface area contributed by atoms with E-state index in [0.29, 0.717) is 17.7 Å². The van der Waals surface area contributed by atoms with Crippen LogP contribution in [0, 0.1) is 22.7 Å². The lowest BCUT2D eigenvalue weighted by Gasteiger charge is -2.40. The Kier molecular flexibility index (Phi) is 4.82. The van der Waals surface area contributed by atoms with Crippen LogP contribution in [0.2, 0.25) is 0 Å². The molecule has 164 valence electrons. The molecule has 1 aliphatic carbocycles. The van der Waals surface area contributed by atoms with E-state index >= 15 is 0 Å². The van der Waals surface area contributed by atoms with Gasteiger partial charge in [-0.05, 0) is 49.8 Å². The van der Waals surface area contributed by atoms with Gasteiger partial charge in [0.1, 0.15) is 29.4 Å². The van der Waals surface area contributed by atoms with Crippen molar-refractivity contribution in [2.75, 3.05) is 24.6 Å². The summed E-state index contributed by atoms with van der Waals surface area (Å²) in [4.78, 5) is 31.9. The molecular formula is C23H25N7O2. The van der Waals surface area contributed by atoms with E-state index in [1.165, 1.54) is 6.20 Å². The number of aliphatic hydroxyl groups is 1. The van der Waals surface area contributed by atoms with Crippen LogP contribution in [0.3, 0.4) is 0 Å². The number of hydrogen-bond acceptors (Lipinski definition) is 7. The molecule has 2 aliphatic rings. The van der Waals surface area contributed by atoms with Gasteiger partial charge in [0.25, 0.3) is 0 Å². The quantitative estimate of drug-likeness (QED) is 0.562. The van der Waals surface area contributed by atoms with E-state index < -0.39 is 5.54 Å². The molecule has 2 atom stereocenters. The minimum Gasteiger partial charge on any atom is -0.394 e. The summed E-state index contributed by atoms with van der Waals surface area (Å²) in [7, 11) is 0. The summed E-state index contributed by atoms with van der Waals surface area (Å²) >= 11 is 0. The lowest BCUT2D eigenvalue weighted by atomic mass is 9.80. The number of H-pyrrole nitrogens is 1. The molecule has 2 fully saturated rings. The summed E-state index contributed by atoms with van der Waals surface area (Å²) in [5.41, 5.74) is 0.691. The normalized spacial score (nSPS) is 21.2. The molecule has 5 rings (SSSR count). The smallest absolute Gasteiger partial charge is 0.224 e. The zero-order valence-electron chi connectivity index (χ0n) is 17.9. The standard InChI is InChI=1S/C23H25N7O2/c1-22(13-31,18-3-2-15(10-24)11-26-18)29-21(32)17-5-9-30(12-23(17)6-7-23)20-16-4-8-25-19(16)27-14-28-20/h2-4,8,11,14,17,31H,5-7,9,12-13H2,1H3,(H,29,32)(H,25,27,28)/t17-,22-/m1/s1. The number of amides is 1. The zero-order chi connectivity index (χ0) is 22.3. The highest BCUT2D eigenvalue weighted by atomic mass is 16.3. The number of carbonyl (C=O) groups excluding carboxylic acids is 1. The lowest BCUT2D eigenvalue weighted by Crippen LogP contribution is -2.54. The van der Waals surface area contributed by atoms with E-state index in [9.17, 15) is 9.90 Å². The fraction of sp³-hybridized carbons (Fsp3) is 0.435. The molecule has 3 aromatic heterocycles. The Balaban J connectivity index is 1.34. The number of rotatable bonds is 5. The molecule has 4 heterocycles. The molecule has 1 spiro atoms. The number of fused-ring (bicyclic) bond motifs is 1. The van der Waals surface area contributed by atoms with Gasteiger partial charge >= 0.3 is 0 Å². The van der Waals surface area contributed by atoms with Crippen LogP contribution in [0.15, 0.2) is 36.9 Å². The first-order valence-corrected chi connectivity index (χ1v) is 10.8. The Hall–Kier alpha value is -3.51. The third-order valence-electron chi connectivity index (χ3n) is 6.95. The van der Waals surface area contributed by atoms with E-state index in [1.54, 1.807) is 25.4 Å². The first-order valence-electron chi connectivity index (χ1n) is 10.8. The van der Waals surface area contributed by atoms with Gasteiger partial charge < -0.3 is 20.3 Å². The van der Waals surface area contributed by atoms with Gasteiger partial charge in [0.05, 0.1) is 23.3 Å². The van der Waals surface area contributed by atoms with Crippen molar-refractivity contribution < 1.29 is 9.90 Å². The summed E-state index contributed by atoms with van der Waals surface area (Å²) in [5.74, 6) is 0.717. The molecule has 0 radical (unpaired) electrons. The highest BCUT2D eigenvalue weighted by Gasteiger charge is 2.56. The monoisotopic (exact) mass is 431 g/mol. The van der Waals surface area contributed by atoms with Crippen molar-refractivity contribution in [3.05, 3.63) is 48.2 Å². The van der Waals surface area contributed by atoms with Crippen molar-refractivity contribution >= 4 is 22.8 Å². The number of nitrogens with zero attached hydrogens (tertiary/aromatic N) is 5. The topological polar surface area (TPSA) is 131 Å². The zero-order valence-corrected chi connectivity index (χ0v) is 17.9. The Morgan fingerprint density at radius 1 is 1.38 bits per heavy atom. The van der Waals surface area contributed by atoms with E-state index in [1.807, 2.05) is 18.3 Å². The SMILES string of the molecule is C[C@](CO)(NC(=O)[C@H]1CCN(c2ncnc3[nH]ccc23)CC12CC2)c1ccc(C#N)cn1. The average molecular weight is 432 g/mol.